The molecule has 0 bridgehead atoms. The van der Waals surface area contributed by atoms with E-state index < -0.39 is 5.91 Å². The molecule has 0 saturated heterocycles. The second-order valence-corrected chi connectivity index (χ2v) is 6.51. The van der Waals surface area contributed by atoms with Gasteiger partial charge in [-0.3, -0.25) is 9.59 Å². The fraction of sp³-hybridized carbons (Fsp3) is 0.400. The molecule has 1 aliphatic carbocycles. The molecule has 132 valence electrons. The van der Waals surface area contributed by atoms with Crippen LogP contribution in [0.4, 0.5) is 0 Å². The van der Waals surface area contributed by atoms with Crippen LogP contribution in [0.3, 0.4) is 0 Å². The number of nitrogens with two attached hydrogens (primary N) is 1. The number of ether oxygens (including phenoxy) is 1. The number of primary amides is 1. The van der Waals surface area contributed by atoms with Gasteiger partial charge in [0.25, 0.3) is 0 Å². The molecule has 5 nitrogen and oxygen atoms in total. The SMILES string of the molecule is CCCCOc1cc(C(N)=O)ccc1-n1c(C)cc2c1CCCC2=O. The second-order valence-electron chi connectivity index (χ2n) is 6.51. The number of ketones is 1. The number of aryl methyl sites for hydroxylation is 1. The summed E-state index contributed by atoms with van der Waals surface area (Å²) < 4.78 is 8.03. The van der Waals surface area contributed by atoms with E-state index in [-0.39, 0.29) is 5.78 Å². The molecule has 2 N–H and O–H groups in total. The summed E-state index contributed by atoms with van der Waals surface area (Å²) in [6.07, 6.45) is 4.29. The lowest BCUT2D eigenvalue weighted by Crippen LogP contribution is -2.15. The van der Waals surface area contributed by atoms with Gasteiger partial charge in [-0.15, -0.1) is 0 Å². The van der Waals surface area contributed by atoms with E-state index in [2.05, 4.69) is 11.5 Å². The molecule has 1 aliphatic rings. The predicted octanol–water partition coefficient (Wildman–Crippen LogP) is 3.58. The monoisotopic (exact) mass is 340 g/mol. The zero-order valence-corrected chi connectivity index (χ0v) is 14.8. The van der Waals surface area contributed by atoms with Gasteiger partial charge in [0.1, 0.15) is 5.75 Å². The summed E-state index contributed by atoms with van der Waals surface area (Å²) >= 11 is 0. The lowest BCUT2D eigenvalue weighted by atomic mass is 9.96. The fourth-order valence-electron chi connectivity index (χ4n) is 3.36. The molecule has 0 spiro atoms. The van der Waals surface area contributed by atoms with Gasteiger partial charge in [0.2, 0.25) is 5.91 Å². The summed E-state index contributed by atoms with van der Waals surface area (Å²) in [4.78, 5) is 23.8. The van der Waals surface area contributed by atoms with Gasteiger partial charge < -0.3 is 15.0 Å². The predicted molar refractivity (Wildman–Crippen MR) is 96.7 cm³/mol. The molecule has 3 rings (SSSR count). The number of hydrogen-bond donors (Lipinski definition) is 1. The molecule has 0 radical (unpaired) electrons. The van der Waals surface area contributed by atoms with Gasteiger partial charge in [0.15, 0.2) is 5.78 Å². The Bertz CT molecular complexity index is 821. The number of Topliss-reactive ketones (excluding diaryl/α,β-unsaturated/α-hetero) is 1. The zero-order chi connectivity index (χ0) is 18.0. The number of hydrogen-bond acceptors (Lipinski definition) is 3. The number of aromatic nitrogens is 1. The molecule has 0 fully saturated rings. The molecule has 5 heteroatoms. The van der Waals surface area contributed by atoms with E-state index in [9.17, 15) is 9.59 Å². The van der Waals surface area contributed by atoms with E-state index in [1.807, 2.05) is 19.1 Å². The van der Waals surface area contributed by atoms with Crippen LogP contribution < -0.4 is 10.5 Å². The third-order valence-electron chi connectivity index (χ3n) is 4.65. The van der Waals surface area contributed by atoms with E-state index in [1.54, 1.807) is 12.1 Å². The van der Waals surface area contributed by atoms with Crippen LogP contribution in [-0.2, 0) is 6.42 Å². The van der Waals surface area contributed by atoms with Crippen LogP contribution in [0.15, 0.2) is 24.3 Å². The van der Waals surface area contributed by atoms with Crippen LogP contribution in [0.25, 0.3) is 5.69 Å². The minimum atomic E-state index is -0.478. The molecule has 1 aromatic heterocycles. The van der Waals surface area contributed by atoms with E-state index in [0.717, 1.165) is 48.3 Å². The van der Waals surface area contributed by atoms with Gasteiger partial charge in [0, 0.05) is 28.9 Å². The van der Waals surface area contributed by atoms with Crippen LogP contribution in [0.2, 0.25) is 0 Å². The third kappa shape index (κ3) is 3.31. The highest BCUT2D eigenvalue weighted by Gasteiger charge is 2.24. The van der Waals surface area contributed by atoms with Crippen molar-refractivity contribution in [1.29, 1.82) is 0 Å². The largest absolute Gasteiger partial charge is 0.491 e. The Balaban J connectivity index is 2.10. The first-order valence-corrected chi connectivity index (χ1v) is 8.84. The number of nitrogens with zero attached hydrogens (tertiary/aromatic N) is 1. The number of benzene rings is 1. The molecule has 0 saturated carbocycles. The van der Waals surface area contributed by atoms with Crippen LogP contribution in [0.1, 0.15) is 64.7 Å². The van der Waals surface area contributed by atoms with Crippen molar-refractivity contribution in [2.75, 3.05) is 6.61 Å². The average molecular weight is 340 g/mol. The van der Waals surface area contributed by atoms with Gasteiger partial charge in [-0.05, 0) is 50.5 Å². The summed E-state index contributed by atoms with van der Waals surface area (Å²) in [6.45, 7) is 4.67. The number of unbranched alkanes of at least 4 members (excludes halogenated alkanes) is 1. The van der Waals surface area contributed by atoms with Crippen molar-refractivity contribution < 1.29 is 14.3 Å². The minimum absolute atomic E-state index is 0.199. The Morgan fingerprint density at radius 3 is 2.80 bits per heavy atom. The smallest absolute Gasteiger partial charge is 0.248 e. The fourth-order valence-corrected chi connectivity index (χ4v) is 3.36. The normalized spacial score (nSPS) is 13.6. The molecule has 0 aliphatic heterocycles. The van der Waals surface area contributed by atoms with Gasteiger partial charge >= 0.3 is 0 Å². The number of fused-ring (bicyclic) bond motifs is 1. The average Bonchev–Trinajstić information content (AvgIpc) is 2.92. The summed E-state index contributed by atoms with van der Waals surface area (Å²) in [5.41, 5.74) is 9.53. The van der Waals surface area contributed by atoms with Crippen molar-refractivity contribution in [1.82, 2.24) is 4.57 Å². The van der Waals surface area contributed by atoms with Crippen LogP contribution in [0.5, 0.6) is 5.75 Å². The van der Waals surface area contributed by atoms with Gasteiger partial charge in [-0.1, -0.05) is 13.3 Å². The summed E-state index contributed by atoms with van der Waals surface area (Å²) in [5, 5.41) is 0. The van der Waals surface area contributed by atoms with Gasteiger partial charge in [-0.25, -0.2) is 0 Å². The Hall–Kier alpha value is -2.56. The van der Waals surface area contributed by atoms with Crippen LogP contribution in [-0.4, -0.2) is 22.9 Å². The Kier molecular flexibility index (Phi) is 4.93. The molecule has 2 aromatic rings. The molecule has 0 unspecified atom stereocenters. The number of rotatable bonds is 6. The van der Waals surface area contributed by atoms with Crippen molar-refractivity contribution in [2.45, 2.75) is 46.0 Å². The highest BCUT2D eigenvalue weighted by atomic mass is 16.5. The van der Waals surface area contributed by atoms with Crippen molar-refractivity contribution >= 4 is 11.7 Å². The molecule has 1 aromatic carbocycles. The van der Waals surface area contributed by atoms with Crippen molar-refractivity contribution in [2.24, 2.45) is 5.73 Å². The number of carbonyl (C=O) groups excluding carboxylic acids is 2. The summed E-state index contributed by atoms with van der Waals surface area (Å²) in [6, 6.07) is 7.22. The summed E-state index contributed by atoms with van der Waals surface area (Å²) in [5.74, 6) is 0.350. The van der Waals surface area contributed by atoms with Crippen molar-refractivity contribution in [3.63, 3.8) is 0 Å². The molecule has 25 heavy (non-hydrogen) atoms. The quantitative estimate of drug-likeness (QED) is 0.817. The van der Waals surface area contributed by atoms with Crippen LogP contribution >= 0.6 is 0 Å². The minimum Gasteiger partial charge on any atom is -0.491 e. The molecule has 0 atom stereocenters. The highest BCUT2D eigenvalue weighted by molar-refractivity contribution is 5.99. The number of carbonyl (C=O) groups is 2. The molecular formula is C20H24N2O3. The van der Waals surface area contributed by atoms with Crippen molar-refractivity contribution in [3.05, 3.63) is 46.8 Å². The molecule has 1 heterocycles. The maximum atomic E-state index is 12.2. The van der Waals surface area contributed by atoms with E-state index in [4.69, 9.17) is 10.5 Å². The van der Waals surface area contributed by atoms with E-state index in [1.165, 1.54) is 0 Å². The van der Waals surface area contributed by atoms with E-state index in [0.29, 0.717) is 24.3 Å². The lowest BCUT2D eigenvalue weighted by Gasteiger charge is -2.19. The van der Waals surface area contributed by atoms with Crippen LogP contribution in [0, 0.1) is 6.92 Å². The molecular weight excluding hydrogens is 316 g/mol. The van der Waals surface area contributed by atoms with Crippen molar-refractivity contribution in [3.8, 4) is 11.4 Å². The first-order valence-electron chi connectivity index (χ1n) is 8.84. The molecule has 1 amide bonds. The first kappa shape index (κ1) is 17.3. The highest BCUT2D eigenvalue weighted by Crippen LogP contribution is 2.33. The first-order chi connectivity index (χ1) is 12.0. The maximum absolute atomic E-state index is 12.2. The Morgan fingerprint density at radius 2 is 2.08 bits per heavy atom. The number of amides is 1. The second kappa shape index (κ2) is 7.13. The Morgan fingerprint density at radius 1 is 1.28 bits per heavy atom. The maximum Gasteiger partial charge on any atom is 0.248 e. The topological polar surface area (TPSA) is 74.3 Å². The van der Waals surface area contributed by atoms with Gasteiger partial charge in [0.05, 0.1) is 12.3 Å². The van der Waals surface area contributed by atoms with Gasteiger partial charge in [-0.2, -0.15) is 0 Å². The zero-order valence-electron chi connectivity index (χ0n) is 14.8. The summed E-state index contributed by atoms with van der Waals surface area (Å²) in [7, 11) is 0. The standard InChI is InChI=1S/C20H24N2O3/c1-3-4-10-25-19-12-14(20(21)24)8-9-17(19)22-13(2)11-15-16(22)6-5-7-18(15)23/h8-9,11-12H,3-7,10H2,1-2H3,(H2,21,24). The lowest BCUT2D eigenvalue weighted by molar-refractivity contribution is 0.0970. The third-order valence-corrected chi connectivity index (χ3v) is 4.65. The van der Waals surface area contributed by atoms with E-state index >= 15 is 0 Å². The Labute approximate surface area is 147 Å².